The van der Waals surface area contributed by atoms with E-state index in [-0.39, 0.29) is 55.4 Å². The Morgan fingerprint density at radius 2 is 1.66 bits per heavy atom. The highest BCUT2D eigenvalue weighted by molar-refractivity contribution is 7.89. The lowest BCUT2D eigenvalue weighted by Crippen LogP contribution is -2.50. The third-order valence-corrected chi connectivity index (χ3v) is 7.25. The number of benzene rings is 2. The van der Waals surface area contributed by atoms with Crippen LogP contribution in [0.2, 0.25) is 0 Å². The van der Waals surface area contributed by atoms with Crippen molar-refractivity contribution < 1.29 is 26.8 Å². The first-order valence-corrected chi connectivity index (χ1v) is 11.7. The van der Waals surface area contributed by atoms with Crippen LogP contribution in [-0.4, -0.2) is 55.6 Å². The van der Waals surface area contributed by atoms with Crippen LogP contribution in [-0.2, 0) is 19.6 Å². The minimum atomic E-state index is -3.61. The number of nitrogens with one attached hydrogen (secondary N) is 1. The van der Waals surface area contributed by atoms with Crippen molar-refractivity contribution >= 4 is 21.8 Å². The van der Waals surface area contributed by atoms with Crippen molar-refractivity contribution in [3.63, 3.8) is 0 Å². The number of carbonyl (C=O) groups excluding carboxylic acids is 2. The van der Waals surface area contributed by atoms with Gasteiger partial charge < -0.3 is 10.2 Å². The lowest BCUT2D eigenvalue weighted by molar-refractivity contribution is -0.134. The van der Waals surface area contributed by atoms with Crippen molar-refractivity contribution in [2.24, 2.45) is 0 Å². The second-order valence-electron chi connectivity index (χ2n) is 7.55. The number of nitrogens with zero attached hydrogens (tertiary/aromatic N) is 2. The van der Waals surface area contributed by atoms with Crippen molar-refractivity contribution in [3.8, 4) is 0 Å². The van der Waals surface area contributed by atoms with Crippen molar-refractivity contribution in [2.45, 2.75) is 30.7 Å². The first kappa shape index (κ1) is 23.8. The lowest BCUT2D eigenvalue weighted by atomic mass is 10.1. The average Bonchev–Trinajstić information content (AvgIpc) is 2.79. The zero-order valence-corrected chi connectivity index (χ0v) is 18.4. The number of sulfonamides is 1. The zero-order chi connectivity index (χ0) is 23.3. The van der Waals surface area contributed by atoms with Crippen molar-refractivity contribution in [1.29, 1.82) is 0 Å². The molecule has 0 saturated carbocycles. The predicted molar refractivity (Wildman–Crippen MR) is 114 cm³/mol. The summed E-state index contributed by atoms with van der Waals surface area (Å²) < 4.78 is 53.8. The summed E-state index contributed by atoms with van der Waals surface area (Å²) in [6, 6.07) is 10.4. The van der Waals surface area contributed by atoms with Crippen LogP contribution >= 0.6 is 0 Å². The minimum absolute atomic E-state index is 0.0282. The molecule has 0 bridgehead atoms. The van der Waals surface area contributed by atoms with E-state index in [0.29, 0.717) is 0 Å². The third kappa shape index (κ3) is 5.68. The monoisotopic (exact) mass is 465 g/mol. The summed E-state index contributed by atoms with van der Waals surface area (Å²) in [5.74, 6) is -1.95. The Morgan fingerprint density at radius 1 is 1.00 bits per heavy atom. The largest absolute Gasteiger partial charge is 0.349 e. The van der Waals surface area contributed by atoms with Gasteiger partial charge in [0.25, 0.3) is 0 Å². The van der Waals surface area contributed by atoms with Crippen molar-refractivity contribution in [1.82, 2.24) is 14.5 Å². The van der Waals surface area contributed by atoms with Crippen LogP contribution in [0.4, 0.5) is 8.78 Å². The molecule has 172 valence electrons. The molecule has 1 atom stereocenters. The maximum Gasteiger partial charge on any atom is 0.243 e. The summed E-state index contributed by atoms with van der Waals surface area (Å²) in [7, 11) is -3.61. The normalized spacial score (nSPS) is 15.9. The van der Waals surface area contributed by atoms with Crippen LogP contribution in [0.15, 0.2) is 53.4 Å². The molecular weight excluding hydrogens is 440 g/mol. The van der Waals surface area contributed by atoms with Gasteiger partial charge in [0.05, 0.1) is 10.9 Å². The fourth-order valence-electron chi connectivity index (χ4n) is 3.54. The van der Waals surface area contributed by atoms with Gasteiger partial charge in [-0.1, -0.05) is 18.2 Å². The number of piperazine rings is 1. The summed E-state index contributed by atoms with van der Waals surface area (Å²) in [4.78, 5) is 26.4. The van der Waals surface area contributed by atoms with Crippen molar-refractivity contribution in [3.05, 3.63) is 65.7 Å². The Balaban J connectivity index is 1.47. The van der Waals surface area contributed by atoms with Gasteiger partial charge in [0.15, 0.2) is 0 Å². The van der Waals surface area contributed by atoms with Crippen LogP contribution in [0.3, 0.4) is 0 Å². The maximum atomic E-state index is 13.8. The van der Waals surface area contributed by atoms with Crippen molar-refractivity contribution in [2.75, 3.05) is 26.2 Å². The van der Waals surface area contributed by atoms with E-state index < -0.39 is 33.6 Å². The fraction of sp³-hybridized carbons (Fsp3) is 0.364. The molecule has 0 radical (unpaired) electrons. The molecule has 10 heteroatoms. The van der Waals surface area contributed by atoms with Gasteiger partial charge in [0, 0.05) is 44.6 Å². The number of amides is 2. The highest BCUT2D eigenvalue weighted by atomic mass is 32.2. The quantitative estimate of drug-likeness (QED) is 0.681. The van der Waals surface area contributed by atoms with Gasteiger partial charge in [0.2, 0.25) is 21.8 Å². The second-order valence-corrected chi connectivity index (χ2v) is 9.49. The van der Waals surface area contributed by atoms with Gasteiger partial charge in [-0.3, -0.25) is 9.59 Å². The molecule has 0 aliphatic carbocycles. The molecule has 0 aromatic heterocycles. The summed E-state index contributed by atoms with van der Waals surface area (Å²) in [6.45, 7) is 2.34. The number of hydrogen-bond donors (Lipinski definition) is 1. The third-order valence-electron chi connectivity index (χ3n) is 5.34. The smallest absolute Gasteiger partial charge is 0.243 e. The van der Waals surface area contributed by atoms with E-state index in [9.17, 15) is 26.8 Å². The second kappa shape index (κ2) is 10.2. The molecule has 1 N–H and O–H groups in total. The molecule has 1 unspecified atom stereocenters. The van der Waals surface area contributed by atoms with E-state index in [1.165, 1.54) is 28.3 Å². The van der Waals surface area contributed by atoms with Crippen LogP contribution in [0.25, 0.3) is 0 Å². The van der Waals surface area contributed by atoms with Gasteiger partial charge >= 0.3 is 0 Å². The van der Waals surface area contributed by atoms with Crippen LogP contribution in [0.5, 0.6) is 0 Å². The molecule has 2 aromatic carbocycles. The Kier molecular flexibility index (Phi) is 7.57. The van der Waals surface area contributed by atoms with Gasteiger partial charge in [-0.25, -0.2) is 17.2 Å². The summed E-state index contributed by atoms with van der Waals surface area (Å²) in [6.07, 6.45) is -0.168. The molecule has 32 heavy (non-hydrogen) atoms. The van der Waals surface area contributed by atoms with Gasteiger partial charge in [0.1, 0.15) is 11.6 Å². The van der Waals surface area contributed by atoms with E-state index in [1.807, 2.05) is 0 Å². The van der Waals surface area contributed by atoms with E-state index in [2.05, 4.69) is 5.32 Å². The number of carbonyl (C=O) groups is 2. The Bertz CT molecular complexity index is 1070. The lowest BCUT2D eigenvalue weighted by Gasteiger charge is -2.34. The van der Waals surface area contributed by atoms with Gasteiger partial charge in [-0.15, -0.1) is 0 Å². The van der Waals surface area contributed by atoms with E-state index in [4.69, 9.17) is 0 Å². The Hall–Kier alpha value is -2.85. The first-order chi connectivity index (χ1) is 15.2. The summed E-state index contributed by atoms with van der Waals surface area (Å²) >= 11 is 0. The molecule has 1 aliphatic rings. The highest BCUT2D eigenvalue weighted by Crippen LogP contribution is 2.19. The summed E-state index contributed by atoms with van der Waals surface area (Å²) in [5.41, 5.74) is 0.0282. The number of halogens is 2. The minimum Gasteiger partial charge on any atom is -0.349 e. The van der Waals surface area contributed by atoms with Gasteiger partial charge in [-0.05, 0) is 37.3 Å². The molecular formula is C22H25F2N3O4S. The molecule has 0 spiro atoms. The average molecular weight is 466 g/mol. The molecule has 1 aliphatic heterocycles. The van der Waals surface area contributed by atoms with Gasteiger partial charge in [-0.2, -0.15) is 4.31 Å². The van der Waals surface area contributed by atoms with Crippen LogP contribution in [0.1, 0.15) is 31.4 Å². The van der Waals surface area contributed by atoms with E-state index >= 15 is 0 Å². The Morgan fingerprint density at radius 3 is 2.31 bits per heavy atom. The Labute approximate surface area is 186 Å². The standard InChI is InChI=1S/C22H25F2N3O4S/c1-16(19-15-17(23)7-8-20(19)24)25-21(28)9-10-22(29)26-11-13-27(14-12-26)32(30,31)18-5-3-2-4-6-18/h2-8,15-16H,9-14H2,1H3,(H,25,28). The zero-order valence-electron chi connectivity index (χ0n) is 17.6. The number of hydrogen-bond acceptors (Lipinski definition) is 4. The molecule has 1 saturated heterocycles. The first-order valence-electron chi connectivity index (χ1n) is 10.3. The molecule has 3 rings (SSSR count). The maximum absolute atomic E-state index is 13.8. The molecule has 1 heterocycles. The van der Waals surface area contributed by atoms with Crippen LogP contribution < -0.4 is 5.32 Å². The molecule has 2 amide bonds. The van der Waals surface area contributed by atoms with Crippen LogP contribution in [0, 0.1) is 11.6 Å². The predicted octanol–water partition coefficient (Wildman–Crippen LogP) is 2.46. The number of rotatable bonds is 7. The topological polar surface area (TPSA) is 86.8 Å². The summed E-state index contributed by atoms with van der Waals surface area (Å²) in [5, 5.41) is 2.56. The highest BCUT2D eigenvalue weighted by Gasteiger charge is 2.30. The van der Waals surface area contributed by atoms with E-state index in [0.717, 1.165) is 18.2 Å². The molecule has 1 fully saturated rings. The fourth-order valence-corrected chi connectivity index (χ4v) is 4.98. The SMILES string of the molecule is CC(NC(=O)CCC(=O)N1CCN(S(=O)(=O)c2ccccc2)CC1)c1cc(F)ccc1F. The molecule has 2 aromatic rings. The molecule has 7 nitrogen and oxygen atoms in total. The van der Waals surface area contributed by atoms with E-state index in [1.54, 1.807) is 18.2 Å².